The van der Waals surface area contributed by atoms with E-state index in [9.17, 15) is 22.4 Å². The van der Waals surface area contributed by atoms with Gasteiger partial charge in [0.1, 0.15) is 17.6 Å². The van der Waals surface area contributed by atoms with Gasteiger partial charge in [-0.2, -0.15) is 18.4 Å². The molecule has 182 valence electrons. The van der Waals surface area contributed by atoms with E-state index in [-0.39, 0.29) is 11.7 Å². The molecular weight excluding hydrogens is 460 g/mol. The summed E-state index contributed by atoms with van der Waals surface area (Å²) in [6.45, 7) is 1.63. The van der Waals surface area contributed by atoms with Crippen LogP contribution in [-0.2, 0) is 17.4 Å². The second kappa shape index (κ2) is 11.1. The summed E-state index contributed by atoms with van der Waals surface area (Å²) in [4.78, 5) is 16.3. The van der Waals surface area contributed by atoms with E-state index in [4.69, 9.17) is 5.26 Å². The van der Waals surface area contributed by atoms with Crippen molar-refractivity contribution in [1.82, 2.24) is 15.6 Å². The quantitative estimate of drug-likeness (QED) is 0.433. The maximum atomic E-state index is 13.9. The van der Waals surface area contributed by atoms with Crippen molar-refractivity contribution in [3.8, 4) is 6.07 Å². The zero-order chi connectivity index (χ0) is 25.6. The summed E-state index contributed by atoms with van der Waals surface area (Å²) in [5.41, 5.74) is 1.86. The third-order valence-electron chi connectivity index (χ3n) is 5.67. The highest BCUT2D eigenvalue weighted by atomic mass is 19.4. The first-order chi connectivity index (χ1) is 16.6. The monoisotopic (exact) mass is 484 g/mol. The molecule has 1 amide bonds. The number of hydrogen-bond donors (Lipinski definition) is 2. The number of carbonyl (C=O) groups is 1. The molecular formula is C26H24F4N4O. The molecule has 2 aromatic carbocycles. The van der Waals surface area contributed by atoms with Crippen molar-refractivity contribution in [3.63, 3.8) is 0 Å². The van der Waals surface area contributed by atoms with E-state index in [0.29, 0.717) is 35.1 Å². The topological polar surface area (TPSA) is 77.8 Å². The fraction of sp³-hybridized carbons (Fsp3) is 0.269. The van der Waals surface area contributed by atoms with Crippen LogP contribution in [0.4, 0.5) is 17.6 Å². The second-order valence-corrected chi connectivity index (χ2v) is 8.10. The number of pyridine rings is 1. The zero-order valence-corrected chi connectivity index (χ0v) is 19.2. The standard InChI is InChI=1S/C26H24F4N4O/c1-16-13-20(9-10-21(16)27)22(11-5-18-6-12-23(33-15-18)26(28,29)30)34-24(25(35)32-2)19-7-3-17(14-31)4-8-19/h3-4,6-10,12-13,15,22,24,34H,5,11H2,1-2H3,(H,32,35)/t22-,24+/m0/s1. The number of alkyl halides is 3. The van der Waals surface area contributed by atoms with Crippen LogP contribution in [0.5, 0.6) is 0 Å². The largest absolute Gasteiger partial charge is 0.433 e. The molecule has 0 spiro atoms. The molecule has 5 nitrogen and oxygen atoms in total. The van der Waals surface area contributed by atoms with Crippen molar-refractivity contribution >= 4 is 5.91 Å². The number of hydrogen-bond acceptors (Lipinski definition) is 4. The Morgan fingerprint density at radius 1 is 1.09 bits per heavy atom. The first kappa shape index (κ1) is 25.8. The second-order valence-electron chi connectivity index (χ2n) is 8.10. The van der Waals surface area contributed by atoms with Crippen LogP contribution in [0.25, 0.3) is 0 Å². The minimum absolute atomic E-state index is 0.310. The molecule has 0 unspecified atom stereocenters. The van der Waals surface area contributed by atoms with Crippen molar-refractivity contribution < 1.29 is 22.4 Å². The first-order valence-electron chi connectivity index (χ1n) is 10.9. The molecule has 2 N–H and O–H groups in total. The van der Waals surface area contributed by atoms with Gasteiger partial charge in [0.15, 0.2) is 0 Å². The molecule has 0 saturated carbocycles. The Kier molecular flexibility index (Phi) is 8.20. The van der Waals surface area contributed by atoms with Crippen LogP contribution in [0.15, 0.2) is 60.8 Å². The van der Waals surface area contributed by atoms with Gasteiger partial charge in [0.25, 0.3) is 0 Å². The van der Waals surface area contributed by atoms with Crippen LogP contribution in [0, 0.1) is 24.1 Å². The predicted octanol–water partition coefficient (Wildman–Crippen LogP) is 5.17. The maximum absolute atomic E-state index is 13.9. The lowest BCUT2D eigenvalue weighted by atomic mass is 9.95. The van der Waals surface area contributed by atoms with E-state index in [1.165, 1.54) is 25.4 Å². The highest BCUT2D eigenvalue weighted by molar-refractivity contribution is 5.83. The number of nitrogens with one attached hydrogen (secondary N) is 2. The van der Waals surface area contributed by atoms with Crippen LogP contribution < -0.4 is 10.6 Å². The smallest absolute Gasteiger partial charge is 0.358 e. The third kappa shape index (κ3) is 6.64. The minimum Gasteiger partial charge on any atom is -0.358 e. The molecule has 0 fully saturated rings. The molecule has 3 aromatic rings. The number of halogens is 4. The Balaban J connectivity index is 1.89. The summed E-state index contributed by atoms with van der Waals surface area (Å²) in [6.07, 6.45) is -2.56. The van der Waals surface area contributed by atoms with E-state index in [1.54, 1.807) is 43.3 Å². The van der Waals surface area contributed by atoms with Gasteiger partial charge in [-0.05, 0) is 66.3 Å². The van der Waals surface area contributed by atoms with Crippen LogP contribution in [-0.4, -0.2) is 17.9 Å². The van der Waals surface area contributed by atoms with Crippen LogP contribution in [0.3, 0.4) is 0 Å². The average molecular weight is 484 g/mol. The van der Waals surface area contributed by atoms with Crippen LogP contribution >= 0.6 is 0 Å². The number of rotatable bonds is 8. The number of nitrogens with zero attached hydrogens (tertiary/aromatic N) is 2. The number of aryl methyl sites for hydroxylation is 2. The van der Waals surface area contributed by atoms with E-state index < -0.39 is 24.0 Å². The molecule has 3 rings (SSSR count). The molecule has 0 aliphatic rings. The maximum Gasteiger partial charge on any atom is 0.433 e. The van der Waals surface area contributed by atoms with Gasteiger partial charge in [-0.25, -0.2) is 4.39 Å². The van der Waals surface area contributed by atoms with Gasteiger partial charge in [0.2, 0.25) is 5.91 Å². The van der Waals surface area contributed by atoms with Crippen molar-refractivity contribution in [3.05, 3.63) is 100 Å². The molecule has 1 heterocycles. The number of carbonyl (C=O) groups excluding carboxylic acids is 1. The third-order valence-corrected chi connectivity index (χ3v) is 5.67. The van der Waals surface area contributed by atoms with Gasteiger partial charge in [0.05, 0.1) is 11.6 Å². The van der Waals surface area contributed by atoms with Crippen LogP contribution in [0.2, 0.25) is 0 Å². The molecule has 9 heteroatoms. The molecule has 35 heavy (non-hydrogen) atoms. The normalized spacial score (nSPS) is 13.1. The van der Waals surface area contributed by atoms with Gasteiger partial charge >= 0.3 is 6.18 Å². The lowest BCUT2D eigenvalue weighted by Crippen LogP contribution is -2.38. The summed E-state index contributed by atoms with van der Waals surface area (Å²) < 4.78 is 52.4. The first-order valence-corrected chi connectivity index (χ1v) is 10.9. The van der Waals surface area contributed by atoms with Crippen LogP contribution in [0.1, 0.15) is 52.0 Å². The van der Waals surface area contributed by atoms with Gasteiger partial charge in [-0.15, -0.1) is 0 Å². The summed E-state index contributed by atoms with van der Waals surface area (Å²) in [5, 5.41) is 15.0. The highest BCUT2D eigenvalue weighted by Crippen LogP contribution is 2.29. The Hall–Kier alpha value is -3.77. The van der Waals surface area contributed by atoms with Gasteiger partial charge in [-0.3, -0.25) is 15.1 Å². The predicted molar refractivity (Wildman–Crippen MR) is 123 cm³/mol. The van der Waals surface area contributed by atoms with Crippen molar-refractivity contribution in [2.75, 3.05) is 7.05 Å². The fourth-order valence-electron chi connectivity index (χ4n) is 3.70. The van der Waals surface area contributed by atoms with Crippen molar-refractivity contribution in [2.24, 2.45) is 0 Å². The molecule has 0 bridgehead atoms. The molecule has 0 saturated heterocycles. The van der Waals surface area contributed by atoms with E-state index >= 15 is 0 Å². The summed E-state index contributed by atoms with van der Waals surface area (Å²) in [5.74, 6) is -0.677. The highest BCUT2D eigenvalue weighted by Gasteiger charge is 2.32. The SMILES string of the molecule is CNC(=O)[C@H](N[C@@H](CCc1ccc(C(F)(F)F)nc1)c1ccc(F)c(C)c1)c1ccc(C#N)cc1. The number of benzene rings is 2. The minimum atomic E-state index is -4.52. The Morgan fingerprint density at radius 2 is 1.77 bits per heavy atom. The summed E-state index contributed by atoms with van der Waals surface area (Å²) in [6, 6.07) is 14.3. The Bertz CT molecular complexity index is 1200. The number of aromatic nitrogens is 1. The fourth-order valence-corrected chi connectivity index (χ4v) is 3.70. The lowest BCUT2D eigenvalue weighted by molar-refractivity contribution is -0.141. The zero-order valence-electron chi connectivity index (χ0n) is 19.2. The van der Waals surface area contributed by atoms with E-state index in [0.717, 1.165) is 11.6 Å². The van der Waals surface area contributed by atoms with Crippen molar-refractivity contribution in [2.45, 2.75) is 38.0 Å². The molecule has 1 aromatic heterocycles. The molecule has 0 aliphatic carbocycles. The molecule has 0 radical (unpaired) electrons. The summed E-state index contributed by atoms with van der Waals surface area (Å²) in [7, 11) is 1.51. The van der Waals surface area contributed by atoms with E-state index in [1.807, 2.05) is 6.07 Å². The molecule has 0 aliphatic heterocycles. The van der Waals surface area contributed by atoms with Crippen molar-refractivity contribution in [1.29, 1.82) is 5.26 Å². The van der Waals surface area contributed by atoms with Gasteiger partial charge in [0, 0.05) is 19.3 Å². The summed E-state index contributed by atoms with van der Waals surface area (Å²) >= 11 is 0. The van der Waals surface area contributed by atoms with E-state index in [2.05, 4.69) is 15.6 Å². The average Bonchev–Trinajstić information content (AvgIpc) is 2.85. The van der Waals surface area contributed by atoms with Gasteiger partial charge < -0.3 is 5.32 Å². The number of likely N-dealkylation sites (N-methyl/N-ethyl adjacent to an activating group) is 1. The Labute approximate surface area is 200 Å². The number of nitriles is 1. The Morgan fingerprint density at radius 3 is 2.31 bits per heavy atom. The number of amides is 1. The molecule has 2 atom stereocenters. The van der Waals surface area contributed by atoms with Gasteiger partial charge in [-0.1, -0.05) is 30.3 Å². The lowest BCUT2D eigenvalue weighted by Gasteiger charge is -2.26.